The van der Waals surface area contributed by atoms with E-state index in [9.17, 15) is 4.79 Å². The van der Waals surface area contributed by atoms with Gasteiger partial charge in [-0.2, -0.15) is 0 Å². The molecule has 21 heavy (non-hydrogen) atoms. The second-order valence-electron chi connectivity index (χ2n) is 8.50. The van der Waals surface area contributed by atoms with Gasteiger partial charge in [-0.15, -0.1) is 0 Å². The Morgan fingerprint density at radius 3 is 2.24 bits per heavy atom. The topological polar surface area (TPSA) is 26.8 Å². The fourth-order valence-corrected chi connectivity index (χ4v) is 4.96. The van der Waals surface area contributed by atoms with Gasteiger partial charge in [0.1, 0.15) is 0 Å². The zero-order chi connectivity index (χ0) is 15.4. The number of hydrogen-bond donors (Lipinski definition) is 0. The van der Waals surface area contributed by atoms with E-state index >= 15 is 0 Å². The van der Waals surface area contributed by atoms with Crippen LogP contribution in [0, 0.1) is 5.41 Å². The van der Waals surface area contributed by atoms with Crippen molar-refractivity contribution in [1.29, 1.82) is 0 Å². The third-order valence-electron chi connectivity index (χ3n) is 5.79. The van der Waals surface area contributed by atoms with Crippen molar-refractivity contribution in [3.05, 3.63) is 0 Å². The molecule has 0 N–H and O–H groups in total. The van der Waals surface area contributed by atoms with Crippen molar-refractivity contribution in [3.8, 4) is 0 Å². The highest BCUT2D eigenvalue weighted by molar-refractivity contribution is 5.73. The average Bonchev–Trinajstić information content (AvgIpc) is 2.92. The van der Waals surface area contributed by atoms with Gasteiger partial charge in [0.15, 0.2) is 0 Å². The van der Waals surface area contributed by atoms with Gasteiger partial charge in [0.05, 0.1) is 0 Å². The molecule has 0 spiro atoms. The highest BCUT2D eigenvalue weighted by Crippen LogP contribution is 2.61. The van der Waals surface area contributed by atoms with Crippen LogP contribution in [-0.4, -0.2) is 71.0 Å². The smallest absolute Gasteiger partial charge is 0.219 e. The van der Waals surface area contributed by atoms with E-state index in [-0.39, 0.29) is 11.4 Å². The van der Waals surface area contributed by atoms with Crippen LogP contribution in [0.25, 0.3) is 0 Å². The van der Waals surface area contributed by atoms with Gasteiger partial charge in [0, 0.05) is 62.7 Å². The van der Waals surface area contributed by atoms with Crippen molar-refractivity contribution in [2.75, 3.05) is 32.7 Å². The van der Waals surface area contributed by atoms with Crippen molar-refractivity contribution in [2.24, 2.45) is 5.41 Å². The van der Waals surface area contributed by atoms with Gasteiger partial charge >= 0.3 is 0 Å². The molecule has 1 amide bonds. The van der Waals surface area contributed by atoms with Crippen LogP contribution in [0.3, 0.4) is 0 Å². The first-order valence-electron chi connectivity index (χ1n) is 8.49. The number of piperidine rings is 1. The summed E-state index contributed by atoms with van der Waals surface area (Å²) in [6, 6.07) is 1.50. The largest absolute Gasteiger partial charge is 0.340 e. The van der Waals surface area contributed by atoms with Crippen molar-refractivity contribution >= 4 is 5.91 Å². The maximum atomic E-state index is 11.4. The van der Waals surface area contributed by atoms with Crippen molar-refractivity contribution in [1.82, 2.24) is 14.7 Å². The number of carbonyl (C=O) groups excluding carboxylic acids is 1. The minimum absolute atomic E-state index is 0.227. The molecular formula is C17H31N3O. The molecule has 120 valence electrons. The first-order valence-corrected chi connectivity index (χ1v) is 8.49. The Kier molecular flexibility index (Phi) is 3.61. The second kappa shape index (κ2) is 4.95. The number of likely N-dealkylation sites (tertiary alicyclic amines) is 1. The molecule has 0 radical (unpaired) electrons. The molecule has 4 nitrogen and oxygen atoms in total. The van der Waals surface area contributed by atoms with Gasteiger partial charge < -0.3 is 4.90 Å². The van der Waals surface area contributed by atoms with E-state index in [0.29, 0.717) is 11.5 Å². The predicted molar refractivity (Wildman–Crippen MR) is 85.2 cm³/mol. The standard InChI is InChI=1S/C17H31N3O/c1-13-10-17(11-15(17)20(13)16(3,4)5)12-18-6-8-19(9-7-18)14(2)21/h13,15H,6-12H2,1-5H3/t13-,15+,17-/m1/s1. The molecule has 3 atom stereocenters. The normalized spacial score (nSPS) is 37.7. The molecule has 3 fully saturated rings. The molecule has 1 saturated carbocycles. The van der Waals surface area contributed by atoms with E-state index in [1.165, 1.54) is 19.4 Å². The van der Waals surface area contributed by atoms with Crippen LogP contribution in [-0.2, 0) is 4.79 Å². The summed E-state index contributed by atoms with van der Waals surface area (Å²) in [7, 11) is 0. The van der Waals surface area contributed by atoms with E-state index in [2.05, 4.69) is 37.5 Å². The Morgan fingerprint density at radius 2 is 1.76 bits per heavy atom. The summed E-state index contributed by atoms with van der Waals surface area (Å²) in [5, 5.41) is 0. The predicted octanol–water partition coefficient (Wildman–Crippen LogP) is 1.80. The number of nitrogens with zero attached hydrogens (tertiary/aromatic N) is 3. The third-order valence-corrected chi connectivity index (χ3v) is 5.79. The monoisotopic (exact) mass is 293 g/mol. The SMILES string of the molecule is CC(=O)N1CCN(C[C@]23C[C@@H](C)N(C(C)(C)C)[C@H]2C3)CC1. The summed E-state index contributed by atoms with van der Waals surface area (Å²) in [5.41, 5.74) is 0.834. The molecule has 4 heteroatoms. The maximum Gasteiger partial charge on any atom is 0.219 e. The highest BCUT2D eigenvalue weighted by atomic mass is 16.2. The Bertz CT molecular complexity index is 422. The minimum atomic E-state index is 0.227. The fraction of sp³-hybridized carbons (Fsp3) is 0.941. The van der Waals surface area contributed by atoms with Gasteiger partial charge in [-0.25, -0.2) is 0 Å². The molecule has 0 aromatic carbocycles. The lowest BCUT2D eigenvalue weighted by atomic mass is 9.98. The lowest BCUT2D eigenvalue weighted by Gasteiger charge is -2.37. The van der Waals surface area contributed by atoms with Crippen molar-refractivity contribution in [3.63, 3.8) is 0 Å². The molecule has 1 aliphatic carbocycles. The van der Waals surface area contributed by atoms with Crippen LogP contribution in [0.15, 0.2) is 0 Å². The fourth-order valence-electron chi connectivity index (χ4n) is 4.96. The molecule has 0 bridgehead atoms. The van der Waals surface area contributed by atoms with E-state index in [1.54, 1.807) is 6.92 Å². The summed E-state index contributed by atoms with van der Waals surface area (Å²) in [5.74, 6) is 0.227. The molecule has 3 rings (SSSR count). The highest BCUT2D eigenvalue weighted by Gasteiger charge is 2.65. The van der Waals surface area contributed by atoms with E-state index < -0.39 is 0 Å². The summed E-state index contributed by atoms with van der Waals surface area (Å²) in [6.07, 6.45) is 2.73. The Balaban J connectivity index is 1.58. The van der Waals surface area contributed by atoms with E-state index in [4.69, 9.17) is 0 Å². The molecular weight excluding hydrogens is 262 g/mol. The molecule has 0 aromatic rings. The molecule has 2 heterocycles. The van der Waals surface area contributed by atoms with Crippen LogP contribution in [0.2, 0.25) is 0 Å². The Morgan fingerprint density at radius 1 is 1.14 bits per heavy atom. The number of piperazine rings is 1. The first-order chi connectivity index (χ1) is 9.73. The number of fused-ring (bicyclic) bond motifs is 1. The Hall–Kier alpha value is -0.610. The average molecular weight is 293 g/mol. The number of rotatable bonds is 2. The first kappa shape index (κ1) is 15.3. The van der Waals surface area contributed by atoms with Crippen molar-refractivity contribution < 1.29 is 4.79 Å². The number of hydrogen-bond acceptors (Lipinski definition) is 3. The van der Waals surface area contributed by atoms with Crippen LogP contribution in [0.4, 0.5) is 0 Å². The van der Waals surface area contributed by atoms with Gasteiger partial charge in [-0.1, -0.05) is 0 Å². The van der Waals surface area contributed by atoms with Gasteiger partial charge in [0.2, 0.25) is 5.91 Å². The summed E-state index contributed by atoms with van der Waals surface area (Å²) >= 11 is 0. The van der Waals surface area contributed by atoms with Crippen molar-refractivity contribution in [2.45, 2.75) is 65.1 Å². The van der Waals surface area contributed by atoms with E-state index in [1.807, 2.05) is 4.90 Å². The Labute approximate surface area is 129 Å². The quantitative estimate of drug-likeness (QED) is 0.777. The summed E-state index contributed by atoms with van der Waals surface area (Å²) in [6.45, 7) is 16.3. The molecule has 0 unspecified atom stereocenters. The van der Waals surface area contributed by atoms with E-state index in [0.717, 1.165) is 32.2 Å². The minimum Gasteiger partial charge on any atom is -0.340 e. The lowest BCUT2D eigenvalue weighted by molar-refractivity contribution is -0.130. The molecule has 3 aliphatic rings. The summed E-state index contributed by atoms with van der Waals surface area (Å²) in [4.78, 5) is 18.7. The lowest BCUT2D eigenvalue weighted by Crippen LogP contribution is -2.49. The zero-order valence-electron chi connectivity index (χ0n) is 14.4. The number of amides is 1. The zero-order valence-corrected chi connectivity index (χ0v) is 14.4. The second-order valence-corrected chi connectivity index (χ2v) is 8.50. The van der Waals surface area contributed by atoms with Crippen LogP contribution in [0.1, 0.15) is 47.5 Å². The van der Waals surface area contributed by atoms with Crippen LogP contribution >= 0.6 is 0 Å². The van der Waals surface area contributed by atoms with Crippen LogP contribution < -0.4 is 0 Å². The van der Waals surface area contributed by atoms with Crippen LogP contribution in [0.5, 0.6) is 0 Å². The molecule has 2 aliphatic heterocycles. The maximum absolute atomic E-state index is 11.4. The van der Waals surface area contributed by atoms with Gasteiger partial charge in [-0.05, 0) is 40.5 Å². The van der Waals surface area contributed by atoms with Gasteiger partial charge in [-0.3, -0.25) is 14.6 Å². The number of carbonyl (C=O) groups is 1. The summed E-state index contributed by atoms with van der Waals surface area (Å²) < 4.78 is 0. The molecule has 2 saturated heterocycles. The van der Waals surface area contributed by atoms with Gasteiger partial charge in [0.25, 0.3) is 0 Å². The molecule has 0 aromatic heterocycles. The third kappa shape index (κ3) is 2.72.